The Bertz CT molecular complexity index is 1020. The molecule has 0 saturated carbocycles. The Morgan fingerprint density at radius 3 is 2.27 bits per heavy atom. The summed E-state index contributed by atoms with van der Waals surface area (Å²) < 4.78 is 46.3. The maximum atomic E-state index is 14.4. The third-order valence-electron chi connectivity index (χ3n) is 5.38. The predicted octanol–water partition coefficient (Wildman–Crippen LogP) is 2.70. The zero-order valence-electron chi connectivity index (χ0n) is 16.5. The molecule has 2 aromatic rings. The summed E-state index contributed by atoms with van der Waals surface area (Å²) in [7, 11) is -3.61. The summed E-state index contributed by atoms with van der Waals surface area (Å²) in [5.41, 5.74) is 1.19. The number of morpholine rings is 1. The van der Waals surface area contributed by atoms with E-state index in [9.17, 15) is 17.6 Å². The molecule has 0 aromatic heterocycles. The minimum Gasteiger partial charge on any atom is -0.379 e. The minimum atomic E-state index is -3.61. The van der Waals surface area contributed by atoms with E-state index in [1.807, 2.05) is 4.90 Å². The van der Waals surface area contributed by atoms with Gasteiger partial charge in [0, 0.05) is 37.4 Å². The number of amides is 1. The van der Waals surface area contributed by atoms with Gasteiger partial charge in [-0.25, -0.2) is 12.8 Å². The molecular formula is C21H24FN3O4S. The average Bonchev–Trinajstić information content (AvgIpc) is 3.29. The van der Waals surface area contributed by atoms with Gasteiger partial charge in [-0.3, -0.25) is 4.79 Å². The van der Waals surface area contributed by atoms with Gasteiger partial charge < -0.3 is 15.0 Å². The summed E-state index contributed by atoms with van der Waals surface area (Å²) in [6.45, 7) is 3.03. The number of sulfonamides is 1. The summed E-state index contributed by atoms with van der Waals surface area (Å²) in [6, 6.07) is 10.4. The number of anilines is 2. The first kappa shape index (κ1) is 20.8. The van der Waals surface area contributed by atoms with Gasteiger partial charge in [0.25, 0.3) is 5.91 Å². The van der Waals surface area contributed by atoms with Crippen LogP contribution in [0.1, 0.15) is 23.2 Å². The molecule has 0 bridgehead atoms. The molecular weight excluding hydrogens is 409 g/mol. The van der Waals surface area contributed by atoms with E-state index in [1.165, 1.54) is 34.6 Å². The lowest BCUT2D eigenvalue weighted by Gasteiger charge is -2.26. The number of hydrogen-bond acceptors (Lipinski definition) is 5. The van der Waals surface area contributed by atoms with Gasteiger partial charge in [0.15, 0.2) is 0 Å². The SMILES string of the molecule is O=C(Nc1ccc(N2CCCC2)c(F)c1)c1ccc(S(=O)(=O)N2CCOCC2)cc1. The van der Waals surface area contributed by atoms with Crippen molar-refractivity contribution in [2.75, 3.05) is 49.6 Å². The highest BCUT2D eigenvalue weighted by Crippen LogP contribution is 2.26. The molecule has 2 aromatic carbocycles. The van der Waals surface area contributed by atoms with Crippen LogP contribution >= 0.6 is 0 Å². The van der Waals surface area contributed by atoms with Crippen molar-refractivity contribution < 1.29 is 22.3 Å². The van der Waals surface area contributed by atoms with E-state index in [2.05, 4.69) is 5.32 Å². The van der Waals surface area contributed by atoms with Crippen molar-refractivity contribution in [2.45, 2.75) is 17.7 Å². The van der Waals surface area contributed by atoms with Crippen LogP contribution in [0.3, 0.4) is 0 Å². The lowest BCUT2D eigenvalue weighted by Crippen LogP contribution is -2.40. The summed E-state index contributed by atoms with van der Waals surface area (Å²) in [5.74, 6) is -0.805. The Morgan fingerprint density at radius 1 is 0.967 bits per heavy atom. The highest BCUT2D eigenvalue weighted by molar-refractivity contribution is 7.89. The summed E-state index contributed by atoms with van der Waals surface area (Å²) in [5, 5.41) is 2.66. The third kappa shape index (κ3) is 4.33. The van der Waals surface area contributed by atoms with Gasteiger partial charge in [0.05, 0.1) is 23.8 Å². The Hall–Kier alpha value is -2.49. The molecule has 0 unspecified atom stereocenters. The molecule has 9 heteroatoms. The van der Waals surface area contributed by atoms with Crippen LogP contribution in [0.15, 0.2) is 47.4 Å². The highest BCUT2D eigenvalue weighted by atomic mass is 32.2. The number of halogens is 1. The van der Waals surface area contributed by atoms with E-state index in [4.69, 9.17) is 4.74 Å². The van der Waals surface area contributed by atoms with Crippen molar-refractivity contribution in [2.24, 2.45) is 0 Å². The van der Waals surface area contributed by atoms with Crippen molar-refractivity contribution in [1.29, 1.82) is 0 Å². The van der Waals surface area contributed by atoms with E-state index in [1.54, 1.807) is 12.1 Å². The van der Waals surface area contributed by atoms with Gasteiger partial charge in [-0.1, -0.05) is 0 Å². The number of benzene rings is 2. The monoisotopic (exact) mass is 433 g/mol. The zero-order valence-corrected chi connectivity index (χ0v) is 17.3. The van der Waals surface area contributed by atoms with E-state index >= 15 is 0 Å². The molecule has 1 amide bonds. The topological polar surface area (TPSA) is 79.0 Å². The number of hydrogen-bond donors (Lipinski definition) is 1. The maximum Gasteiger partial charge on any atom is 0.255 e. The van der Waals surface area contributed by atoms with Gasteiger partial charge in [0.1, 0.15) is 5.82 Å². The lowest BCUT2D eigenvalue weighted by molar-refractivity contribution is 0.0730. The molecule has 2 aliphatic rings. The fourth-order valence-corrected chi connectivity index (χ4v) is 5.12. The fraction of sp³-hybridized carbons (Fsp3) is 0.381. The first-order chi connectivity index (χ1) is 14.4. The number of ether oxygens (including phenoxy) is 1. The van der Waals surface area contributed by atoms with Crippen molar-refractivity contribution in [3.63, 3.8) is 0 Å². The molecule has 0 atom stereocenters. The number of nitrogens with one attached hydrogen (secondary N) is 1. The van der Waals surface area contributed by atoms with Gasteiger partial charge in [-0.05, 0) is 55.3 Å². The largest absolute Gasteiger partial charge is 0.379 e. The smallest absolute Gasteiger partial charge is 0.255 e. The van der Waals surface area contributed by atoms with Crippen LogP contribution in [-0.4, -0.2) is 58.0 Å². The van der Waals surface area contributed by atoms with Gasteiger partial charge in [-0.2, -0.15) is 4.31 Å². The second-order valence-electron chi connectivity index (χ2n) is 7.36. The molecule has 2 fully saturated rings. The van der Waals surface area contributed by atoms with E-state index in [-0.39, 0.29) is 10.7 Å². The summed E-state index contributed by atoms with van der Waals surface area (Å²) in [4.78, 5) is 14.6. The van der Waals surface area contributed by atoms with Gasteiger partial charge in [0.2, 0.25) is 10.0 Å². The van der Waals surface area contributed by atoms with Gasteiger partial charge in [-0.15, -0.1) is 0 Å². The molecule has 4 rings (SSSR count). The van der Waals surface area contributed by atoms with E-state index in [0.717, 1.165) is 25.9 Å². The number of nitrogens with zero attached hydrogens (tertiary/aromatic N) is 2. The maximum absolute atomic E-state index is 14.4. The van der Waals surface area contributed by atoms with Crippen LogP contribution < -0.4 is 10.2 Å². The second kappa shape index (κ2) is 8.71. The molecule has 2 heterocycles. The Morgan fingerprint density at radius 2 is 1.63 bits per heavy atom. The molecule has 2 aliphatic heterocycles. The van der Waals surface area contributed by atoms with Crippen LogP contribution in [0.5, 0.6) is 0 Å². The Labute approximate surface area is 175 Å². The van der Waals surface area contributed by atoms with Crippen molar-refractivity contribution >= 4 is 27.3 Å². The quantitative estimate of drug-likeness (QED) is 0.785. The van der Waals surface area contributed by atoms with Crippen LogP contribution in [0.4, 0.5) is 15.8 Å². The van der Waals surface area contributed by atoms with Crippen molar-refractivity contribution in [3.05, 3.63) is 53.8 Å². The van der Waals surface area contributed by atoms with E-state index < -0.39 is 15.9 Å². The van der Waals surface area contributed by atoms with E-state index in [0.29, 0.717) is 43.2 Å². The third-order valence-corrected chi connectivity index (χ3v) is 7.29. The van der Waals surface area contributed by atoms with Crippen LogP contribution in [0.25, 0.3) is 0 Å². The molecule has 160 valence electrons. The van der Waals surface area contributed by atoms with Crippen molar-refractivity contribution in [1.82, 2.24) is 4.31 Å². The Kier molecular flexibility index (Phi) is 6.03. The summed E-state index contributed by atoms with van der Waals surface area (Å²) >= 11 is 0. The molecule has 0 spiro atoms. The number of rotatable bonds is 5. The van der Waals surface area contributed by atoms with Crippen LogP contribution in [0, 0.1) is 5.82 Å². The standard InChI is InChI=1S/C21H24FN3O4S/c22-19-15-17(5-8-20(19)24-9-1-2-10-24)23-21(26)16-3-6-18(7-4-16)30(27,28)25-11-13-29-14-12-25/h3-8,15H,1-2,9-14H2,(H,23,26). The number of carbonyl (C=O) groups is 1. The molecule has 7 nitrogen and oxygen atoms in total. The van der Waals surface area contributed by atoms with Crippen molar-refractivity contribution in [3.8, 4) is 0 Å². The molecule has 0 aliphatic carbocycles. The molecule has 1 N–H and O–H groups in total. The molecule has 0 radical (unpaired) electrons. The average molecular weight is 434 g/mol. The molecule has 2 saturated heterocycles. The van der Waals surface area contributed by atoms with Crippen LogP contribution in [-0.2, 0) is 14.8 Å². The highest BCUT2D eigenvalue weighted by Gasteiger charge is 2.26. The van der Waals surface area contributed by atoms with Crippen LogP contribution in [0.2, 0.25) is 0 Å². The second-order valence-corrected chi connectivity index (χ2v) is 9.29. The normalized spacial score (nSPS) is 17.8. The lowest BCUT2D eigenvalue weighted by atomic mass is 10.2. The minimum absolute atomic E-state index is 0.127. The first-order valence-electron chi connectivity index (χ1n) is 9.99. The molecule has 30 heavy (non-hydrogen) atoms. The summed E-state index contributed by atoms with van der Waals surface area (Å²) in [6.07, 6.45) is 2.10. The first-order valence-corrected chi connectivity index (χ1v) is 11.4. The zero-order chi connectivity index (χ0) is 21.1. The Balaban J connectivity index is 1.44. The van der Waals surface area contributed by atoms with Gasteiger partial charge >= 0.3 is 0 Å². The number of carbonyl (C=O) groups excluding carboxylic acids is 1. The predicted molar refractivity (Wildman–Crippen MR) is 112 cm³/mol. The fourth-order valence-electron chi connectivity index (χ4n) is 3.72.